The van der Waals surface area contributed by atoms with E-state index in [1.165, 1.54) is 0 Å². The minimum absolute atomic E-state index is 0.139. The first kappa shape index (κ1) is 20.8. The van der Waals surface area contributed by atoms with Crippen molar-refractivity contribution in [3.05, 3.63) is 22.4 Å². The third kappa shape index (κ3) is 5.58. The molecule has 1 aromatic rings. The van der Waals surface area contributed by atoms with Gasteiger partial charge in [0.2, 0.25) is 11.8 Å². The van der Waals surface area contributed by atoms with Crippen molar-refractivity contribution in [3.8, 4) is 0 Å². The van der Waals surface area contributed by atoms with Gasteiger partial charge < -0.3 is 19.9 Å². The third-order valence-corrected chi connectivity index (χ3v) is 7.54. The number of carbonyl (C=O) groups is 2. The van der Waals surface area contributed by atoms with Crippen molar-refractivity contribution in [2.45, 2.75) is 57.1 Å². The number of likely N-dealkylation sites (tertiary alicyclic amines) is 2. The number of piperidine rings is 2. The summed E-state index contributed by atoms with van der Waals surface area (Å²) in [5, 5.41) is 5.13. The Morgan fingerprint density at radius 3 is 2.55 bits per heavy atom. The van der Waals surface area contributed by atoms with Gasteiger partial charge in [0, 0.05) is 43.1 Å². The molecule has 1 unspecified atom stereocenters. The molecule has 7 heteroatoms. The molecule has 3 aliphatic heterocycles. The number of carbonyl (C=O) groups excluding carboxylic acids is 2. The van der Waals surface area contributed by atoms with Crippen LogP contribution in [0.25, 0.3) is 0 Å². The first-order chi connectivity index (χ1) is 14.2. The maximum Gasteiger partial charge on any atom is 0.227 e. The molecular weight excluding hydrogens is 386 g/mol. The van der Waals surface area contributed by atoms with Crippen LogP contribution >= 0.6 is 11.3 Å². The fraction of sp³-hybridized carbons (Fsp3) is 0.727. The molecule has 0 radical (unpaired) electrons. The summed E-state index contributed by atoms with van der Waals surface area (Å²) in [7, 11) is 0. The van der Waals surface area contributed by atoms with E-state index in [2.05, 4.69) is 10.2 Å². The number of ether oxygens (including phenoxy) is 1. The summed E-state index contributed by atoms with van der Waals surface area (Å²) in [6.07, 6.45) is 6.90. The minimum Gasteiger partial charge on any atom is -0.376 e. The Balaban J connectivity index is 1.15. The zero-order chi connectivity index (χ0) is 20.1. The topological polar surface area (TPSA) is 61.9 Å². The highest BCUT2D eigenvalue weighted by atomic mass is 32.1. The number of rotatable bonds is 6. The van der Waals surface area contributed by atoms with E-state index in [0.717, 1.165) is 76.2 Å². The van der Waals surface area contributed by atoms with Crippen LogP contribution in [-0.2, 0) is 20.7 Å². The molecule has 0 aromatic carbocycles. The Bertz CT molecular complexity index is 659. The summed E-state index contributed by atoms with van der Waals surface area (Å²) in [5.41, 5.74) is 0. The van der Waals surface area contributed by atoms with Gasteiger partial charge in [0.1, 0.15) is 0 Å². The number of hydrogen-bond donors (Lipinski definition) is 1. The quantitative estimate of drug-likeness (QED) is 0.769. The van der Waals surface area contributed by atoms with Crippen LogP contribution in [0.1, 0.15) is 43.4 Å². The lowest BCUT2D eigenvalue weighted by atomic mass is 9.92. The summed E-state index contributed by atoms with van der Waals surface area (Å²) in [6.45, 7) is 5.19. The van der Waals surface area contributed by atoms with Crippen LogP contribution < -0.4 is 5.32 Å². The summed E-state index contributed by atoms with van der Waals surface area (Å²) in [6, 6.07) is 4.60. The van der Waals surface area contributed by atoms with E-state index < -0.39 is 0 Å². The Morgan fingerprint density at radius 2 is 1.90 bits per heavy atom. The molecule has 3 aliphatic rings. The summed E-state index contributed by atoms with van der Waals surface area (Å²) in [4.78, 5) is 30.7. The molecule has 2 amide bonds. The van der Waals surface area contributed by atoms with E-state index in [9.17, 15) is 9.59 Å². The fourth-order valence-electron chi connectivity index (χ4n) is 4.85. The number of hydrogen-bond acceptors (Lipinski definition) is 5. The zero-order valence-corrected chi connectivity index (χ0v) is 18.0. The Morgan fingerprint density at radius 1 is 1.10 bits per heavy atom. The number of nitrogens with zero attached hydrogens (tertiary/aromatic N) is 2. The molecule has 4 heterocycles. The highest BCUT2D eigenvalue weighted by Gasteiger charge is 2.32. The Hall–Kier alpha value is -1.44. The molecule has 160 valence electrons. The number of amides is 2. The second-order valence-electron chi connectivity index (χ2n) is 8.56. The molecule has 0 saturated carbocycles. The van der Waals surface area contributed by atoms with Crippen molar-refractivity contribution in [1.82, 2.24) is 15.1 Å². The summed E-state index contributed by atoms with van der Waals surface area (Å²) >= 11 is 1.66. The van der Waals surface area contributed by atoms with Gasteiger partial charge in [0.05, 0.1) is 12.5 Å². The van der Waals surface area contributed by atoms with Crippen LogP contribution in [-0.4, -0.2) is 73.1 Å². The maximum atomic E-state index is 12.5. The van der Waals surface area contributed by atoms with Crippen LogP contribution in [0, 0.1) is 5.92 Å². The van der Waals surface area contributed by atoms with Crippen LogP contribution in [0.15, 0.2) is 17.5 Å². The molecule has 3 fully saturated rings. The normalized spacial score (nSPS) is 24.7. The summed E-state index contributed by atoms with van der Waals surface area (Å²) < 4.78 is 5.59. The van der Waals surface area contributed by atoms with Crippen molar-refractivity contribution in [2.75, 3.05) is 39.3 Å². The second kappa shape index (κ2) is 10.0. The smallest absolute Gasteiger partial charge is 0.227 e. The molecular formula is C22H33N3O3S. The van der Waals surface area contributed by atoms with Crippen molar-refractivity contribution < 1.29 is 14.3 Å². The Kier molecular flexibility index (Phi) is 7.21. The van der Waals surface area contributed by atoms with Crippen LogP contribution in [0.5, 0.6) is 0 Å². The van der Waals surface area contributed by atoms with Gasteiger partial charge in [-0.2, -0.15) is 0 Å². The molecule has 6 nitrogen and oxygen atoms in total. The predicted octanol–water partition coefficient (Wildman–Crippen LogP) is 2.29. The van der Waals surface area contributed by atoms with E-state index >= 15 is 0 Å². The van der Waals surface area contributed by atoms with Gasteiger partial charge in [-0.25, -0.2) is 0 Å². The van der Waals surface area contributed by atoms with Crippen molar-refractivity contribution in [2.24, 2.45) is 5.92 Å². The van der Waals surface area contributed by atoms with E-state index in [-0.39, 0.29) is 23.8 Å². The predicted molar refractivity (Wildman–Crippen MR) is 114 cm³/mol. The van der Waals surface area contributed by atoms with Crippen molar-refractivity contribution >= 4 is 23.2 Å². The van der Waals surface area contributed by atoms with Gasteiger partial charge in [-0.3, -0.25) is 9.59 Å². The molecule has 0 bridgehead atoms. The number of nitrogens with one attached hydrogen (secondary N) is 1. The first-order valence-electron chi connectivity index (χ1n) is 11.1. The van der Waals surface area contributed by atoms with Crippen molar-refractivity contribution in [1.29, 1.82) is 0 Å². The summed E-state index contributed by atoms with van der Waals surface area (Å²) in [5.74, 6) is 0.599. The lowest BCUT2D eigenvalue weighted by Crippen LogP contribution is -2.50. The molecule has 3 saturated heterocycles. The zero-order valence-electron chi connectivity index (χ0n) is 17.2. The average molecular weight is 420 g/mol. The average Bonchev–Trinajstić information content (AvgIpc) is 3.46. The second-order valence-corrected chi connectivity index (χ2v) is 9.59. The monoisotopic (exact) mass is 419 g/mol. The van der Waals surface area contributed by atoms with Crippen LogP contribution in [0.3, 0.4) is 0 Å². The molecule has 0 spiro atoms. The highest BCUT2D eigenvalue weighted by Crippen LogP contribution is 2.25. The van der Waals surface area contributed by atoms with Gasteiger partial charge in [0.25, 0.3) is 0 Å². The largest absolute Gasteiger partial charge is 0.376 e. The van der Waals surface area contributed by atoms with Gasteiger partial charge in [-0.1, -0.05) is 6.07 Å². The number of thiophene rings is 1. The third-order valence-electron chi connectivity index (χ3n) is 6.67. The molecule has 0 aliphatic carbocycles. The lowest BCUT2D eigenvalue weighted by Gasteiger charge is -2.41. The van der Waals surface area contributed by atoms with E-state index in [4.69, 9.17) is 4.74 Å². The van der Waals surface area contributed by atoms with Gasteiger partial charge >= 0.3 is 0 Å². The maximum absolute atomic E-state index is 12.5. The Labute approximate surface area is 177 Å². The van der Waals surface area contributed by atoms with E-state index in [0.29, 0.717) is 19.0 Å². The van der Waals surface area contributed by atoms with Crippen LogP contribution in [0.2, 0.25) is 0 Å². The molecule has 1 aromatic heterocycles. The van der Waals surface area contributed by atoms with E-state index in [1.807, 2.05) is 22.4 Å². The van der Waals surface area contributed by atoms with Gasteiger partial charge in [-0.15, -0.1) is 11.3 Å². The lowest BCUT2D eigenvalue weighted by molar-refractivity contribution is -0.132. The highest BCUT2D eigenvalue weighted by molar-refractivity contribution is 7.10. The SMILES string of the molecule is O=C(NCC1CCCO1)C1CCN(C2CCN(C(=O)Cc3cccs3)CC2)CC1. The van der Waals surface area contributed by atoms with Crippen molar-refractivity contribution in [3.63, 3.8) is 0 Å². The molecule has 1 N–H and O–H groups in total. The van der Waals surface area contributed by atoms with E-state index in [1.54, 1.807) is 11.3 Å². The molecule has 4 rings (SSSR count). The standard InChI is InChI=1S/C22H33N3O3S/c26-21(15-20-4-2-14-29-20)25-11-7-18(8-12-25)24-9-5-17(6-10-24)22(27)23-16-19-3-1-13-28-19/h2,4,14,17-19H,1,3,5-13,15-16H2,(H,23,27). The first-order valence-corrected chi connectivity index (χ1v) is 12.0. The fourth-order valence-corrected chi connectivity index (χ4v) is 5.54. The molecule has 29 heavy (non-hydrogen) atoms. The van der Waals surface area contributed by atoms with Gasteiger partial charge in [0.15, 0.2) is 0 Å². The van der Waals surface area contributed by atoms with Gasteiger partial charge in [-0.05, 0) is 63.1 Å². The molecule has 1 atom stereocenters. The van der Waals surface area contributed by atoms with Crippen LogP contribution in [0.4, 0.5) is 0 Å². The minimum atomic E-state index is 0.139.